The van der Waals surface area contributed by atoms with Crippen molar-refractivity contribution in [1.29, 1.82) is 0 Å². The van der Waals surface area contributed by atoms with Gasteiger partial charge < -0.3 is 20.0 Å². The van der Waals surface area contributed by atoms with E-state index < -0.39 is 0 Å². The number of rotatable bonds is 4. The molecular formula is C25H36N4O. The number of para-hydroxylation sites is 2. The number of nitrogens with zero attached hydrogens (tertiary/aromatic N) is 3. The molecule has 0 aromatic heterocycles. The van der Waals surface area contributed by atoms with Crippen LogP contribution in [0.5, 0.6) is 0 Å². The maximum Gasteiger partial charge on any atom is 0.225 e. The summed E-state index contributed by atoms with van der Waals surface area (Å²) in [5.41, 5.74) is 2.60. The molecule has 30 heavy (non-hydrogen) atoms. The Morgan fingerprint density at radius 3 is 1.73 bits per heavy atom. The number of amides is 1. The second kappa shape index (κ2) is 11.6. The number of hydrogen-bond donors (Lipinski definition) is 1. The van der Waals surface area contributed by atoms with Crippen LogP contribution in [0.2, 0.25) is 0 Å². The lowest BCUT2D eigenvalue weighted by Gasteiger charge is -2.37. The predicted molar refractivity (Wildman–Crippen MR) is 126 cm³/mol. The van der Waals surface area contributed by atoms with Crippen LogP contribution >= 0.6 is 0 Å². The fraction of sp³-hybridized carbons (Fsp3) is 0.480. The summed E-state index contributed by atoms with van der Waals surface area (Å²) in [5.74, 6) is 0.471. The summed E-state index contributed by atoms with van der Waals surface area (Å²) in [6, 6.07) is 21.0. The van der Waals surface area contributed by atoms with Gasteiger partial charge in [-0.1, -0.05) is 50.2 Å². The summed E-state index contributed by atoms with van der Waals surface area (Å²) in [4.78, 5) is 18.8. The zero-order valence-corrected chi connectivity index (χ0v) is 18.5. The van der Waals surface area contributed by atoms with Gasteiger partial charge in [0.1, 0.15) is 0 Å². The van der Waals surface area contributed by atoms with Gasteiger partial charge in [0, 0.05) is 69.7 Å². The molecule has 1 amide bonds. The molecule has 0 aliphatic carbocycles. The molecule has 162 valence electrons. The molecule has 5 heteroatoms. The Labute approximate surface area is 181 Å². The molecule has 0 spiro atoms. The molecule has 5 nitrogen and oxygen atoms in total. The summed E-state index contributed by atoms with van der Waals surface area (Å²) in [7, 11) is 0. The second-order valence-electron chi connectivity index (χ2n) is 8.03. The van der Waals surface area contributed by atoms with Crippen molar-refractivity contribution in [2.75, 3.05) is 62.2 Å². The fourth-order valence-corrected chi connectivity index (χ4v) is 3.87. The minimum absolute atomic E-state index is 0.160. The Hall–Kier alpha value is -2.53. The average molecular weight is 409 g/mol. The number of nitrogens with one attached hydrogen (secondary N) is 1. The van der Waals surface area contributed by atoms with E-state index in [1.165, 1.54) is 11.4 Å². The Kier molecular flexibility index (Phi) is 8.57. The van der Waals surface area contributed by atoms with E-state index in [-0.39, 0.29) is 5.92 Å². The van der Waals surface area contributed by atoms with Crippen LogP contribution < -0.4 is 15.1 Å². The monoisotopic (exact) mass is 408 g/mol. The molecule has 1 atom stereocenters. The zero-order chi connectivity index (χ0) is 21.2. The largest absolute Gasteiger partial charge is 0.369 e. The van der Waals surface area contributed by atoms with Crippen molar-refractivity contribution < 1.29 is 4.79 Å². The lowest BCUT2D eigenvalue weighted by molar-refractivity contribution is -0.135. The lowest BCUT2D eigenvalue weighted by Crippen LogP contribution is -2.50. The Morgan fingerprint density at radius 2 is 1.27 bits per heavy atom. The highest BCUT2D eigenvalue weighted by Crippen LogP contribution is 2.17. The third kappa shape index (κ3) is 6.23. The molecule has 4 rings (SSSR count). The Morgan fingerprint density at radius 1 is 0.800 bits per heavy atom. The summed E-state index contributed by atoms with van der Waals surface area (Å²) in [6.45, 7) is 12.1. The third-order valence-corrected chi connectivity index (χ3v) is 5.98. The lowest BCUT2D eigenvalue weighted by atomic mass is 10.1. The van der Waals surface area contributed by atoms with Gasteiger partial charge in [0.2, 0.25) is 5.91 Å². The number of carbonyl (C=O) groups excluding carboxylic acids is 1. The quantitative estimate of drug-likeness (QED) is 0.841. The van der Waals surface area contributed by atoms with Crippen molar-refractivity contribution in [3.8, 4) is 0 Å². The number of anilines is 2. The van der Waals surface area contributed by atoms with E-state index in [9.17, 15) is 4.79 Å². The van der Waals surface area contributed by atoms with E-state index in [1.54, 1.807) is 0 Å². The third-order valence-electron chi connectivity index (χ3n) is 5.98. The van der Waals surface area contributed by atoms with Crippen LogP contribution in [0, 0.1) is 5.92 Å². The molecule has 2 aromatic rings. The number of benzene rings is 2. The summed E-state index contributed by atoms with van der Waals surface area (Å²) in [6.07, 6.45) is 0.928. The normalized spacial score (nSPS) is 17.7. The van der Waals surface area contributed by atoms with Crippen LogP contribution in [0.3, 0.4) is 0 Å². The van der Waals surface area contributed by atoms with E-state index in [0.717, 1.165) is 58.8 Å². The Balaban J connectivity index is 0.000000184. The molecule has 0 saturated carbocycles. The van der Waals surface area contributed by atoms with Crippen molar-refractivity contribution in [1.82, 2.24) is 10.2 Å². The van der Waals surface area contributed by atoms with Gasteiger partial charge in [-0.15, -0.1) is 0 Å². The topological polar surface area (TPSA) is 38.8 Å². The maximum atomic E-state index is 12.1. The van der Waals surface area contributed by atoms with Gasteiger partial charge in [0.05, 0.1) is 0 Å². The van der Waals surface area contributed by atoms with Crippen molar-refractivity contribution in [3.63, 3.8) is 0 Å². The predicted octanol–water partition coefficient (Wildman–Crippen LogP) is 3.48. The number of hydrogen-bond acceptors (Lipinski definition) is 4. The molecule has 0 unspecified atom stereocenters. The summed E-state index contributed by atoms with van der Waals surface area (Å²) < 4.78 is 0. The first-order chi connectivity index (χ1) is 14.7. The molecular weight excluding hydrogens is 372 g/mol. The van der Waals surface area contributed by atoms with E-state index in [1.807, 2.05) is 17.9 Å². The molecule has 2 fully saturated rings. The van der Waals surface area contributed by atoms with Crippen molar-refractivity contribution >= 4 is 17.3 Å². The van der Waals surface area contributed by atoms with Gasteiger partial charge in [0.15, 0.2) is 0 Å². The Bertz CT molecular complexity index is 738. The first-order valence-electron chi connectivity index (χ1n) is 11.3. The molecule has 1 N–H and O–H groups in total. The van der Waals surface area contributed by atoms with Crippen molar-refractivity contribution in [2.24, 2.45) is 5.92 Å². The van der Waals surface area contributed by atoms with Crippen LogP contribution in [0.15, 0.2) is 60.7 Å². The molecule has 0 bridgehead atoms. The standard InChI is InChI=1S/C15H22N2O.C10H14N2/c1-3-13(2)15(18)17-11-9-16(10-12-17)14-7-5-4-6-8-14;1-2-4-10(5-3-1)12-8-6-11-7-9-12/h4-8,13H,3,9-12H2,1-2H3;1-5,11H,6-9H2/t13-;/m1./s1. The summed E-state index contributed by atoms with van der Waals surface area (Å²) >= 11 is 0. The molecule has 2 heterocycles. The van der Waals surface area contributed by atoms with Crippen molar-refractivity contribution in [2.45, 2.75) is 20.3 Å². The SMILES string of the molecule is CC[C@@H](C)C(=O)N1CCN(c2ccccc2)CC1.c1ccc(N2CCNCC2)cc1. The molecule has 2 saturated heterocycles. The summed E-state index contributed by atoms with van der Waals surface area (Å²) in [5, 5.41) is 3.34. The van der Waals surface area contributed by atoms with Gasteiger partial charge in [-0.05, 0) is 30.7 Å². The molecule has 2 aromatic carbocycles. The molecule has 2 aliphatic heterocycles. The van der Waals surface area contributed by atoms with Gasteiger partial charge in [-0.2, -0.15) is 0 Å². The van der Waals surface area contributed by atoms with Crippen molar-refractivity contribution in [3.05, 3.63) is 60.7 Å². The van der Waals surface area contributed by atoms with Gasteiger partial charge in [-0.25, -0.2) is 0 Å². The van der Waals surface area contributed by atoms with Crippen LogP contribution in [-0.4, -0.2) is 63.2 Å². The zero-order valence-electron chi connectivity index (χ0n) is 18.5. The minimum atomic E-state index is 0.160. The molecule has 0 radical (unpaired) electrons. The van der Waals surface area contributed by atoms with E-state index in [4.69, 9.17) is 0 Å². The molecule has 2 aliphatic rings. The number of piperazine rings is 2. The number of carbonyl (C=O) groups is 1. The highest BCUT2D eigenvalue weighted by atomic mass is 16.2. The van der Waals surface area contributed by atoms with Crippen LogP contribution in [0.25, 0.3) is 0 Å². The van der Waals surface area contributed by atoms with Crippen LogP contribution in [0.1, 0.15) is 20.3 Å². The van der Waals surface area contributed by atoms with Crippen LogP contribution in [0.4, 0.5) is 11.4 Å². The highest BCUT2D eigenvalue weighted by Gasteiger charge is 2.23. The van der Waals surface area contributed by atoms with Crippen LogP contribution in [-0.2, 0) is 4.79 Å². The average Bonchev–Trinajstić information content (AvgIpc) is 2.85. The smallest absolute Gasteiger partial charge is 0.225 e. The fourth-order valence-electron chi connectivity index (χ4n) is 3.87. The second-order valence-corrected chi connectivity index (χ2v) is 8.03. The first-order valence-corrected chi connectivity index (χ1v) is 11.3. The maximum absolute atomic E-state index is 12.1. The minimum Gasteiger partial charge on any atom is -0.369 e. The van der Waals surface area contributed by atoms with E-state index in [2.05, 4.69) is 76.6 Å². The van der Waals surface area contributed by atoms with Gasteiger partial charge >= 0.3 is 0 Å². The van der Waals surface area contributed by atoms with Gasteiger partial charge in [-0.3, -0.25) is 4.79 Å². The first kappa shape index (κ1) is 22.2. The van der Waals surface area contributed by atoms with E-state index in [0.29, 0.717) is 5.91 Å². The highest BCUT2D eigenvalue weighted by molar-refractivity contribution is 5.78. The van der Waals surface area contributed by atoms with Gasteiger partial charge in [0.25, 0.3) is 0 Å². The van der Waals surface area contributed by atoms with E-state index >= 15 is 0 Å².